The monoisotopic (exact) mass is 421 g/mol. The fourth-order valence-electron chi connectivity index (χ4n) is 3.70. The second-order valence-corrected chi connectivity index (χ2v) is 9.76. The average Bonchev–Trinajstić information content (AvgIpc) is 2.76. The summed E-state index contributed by atoms with van der Waals surface area (Å²) in [7, 11) is -3.64. The first-order chi connectivity index (χ1) is 14.6. The van der Waals surface area contributed by atoms with Crippen LogP contribution in [0.4, 0.5) is 0 Å². The van der Waals surface area contributed by atoms with E-state index >= 15 is 0 Å². The standard InChI is InChI=1S/C26H31NO2S/c1-23-18-20-26(21-19-23)30(28,29)27(22-12-15-24-13-8-7-9-14-24)25-16-10-5-3-2-4-6-11-17-25/h7-10,13-14,16,18-21,25H,2-6,11,17,22H2,1H3/b16-10-. The Bertz CT molecular complexity index is 983. The SMILES string of the molecule is Cc1ccc(S(=O)(=O)N(CC#Cc2ccccc2)C2/C=C\CCCCCCC2)cc1. The maximum atomic E-state index is 13.6. The first-order valence-corrected chi connectivity index (χ1v) is 12.3. The van der Waals surface area contributed by atoms with Gasteiger partial charge in [0.1, 0.15) is 0 Å². The Morgan fingerprint density at radius 1 is 0.933 bits per heavy atom. The predicted molar refractivity (Wildman–Crippen MR) is 124 cm³/mol. The van der Waals surface area contributed by atoms with Gasteiger partial charge in [0.15, 0.2) is 0 Å². The van der Waals surface area contributed by atoms with Crippen molar-refractivity contribution in [1.29, 1.82) is 0 Å². The summed E-state index contributed by atoms with van der Waals surface area (Å²) in [5, 5.41) is 0. The molecule has 0 heterocycles. The van der Waals surface area contributed by atoms with Crippen molar-refractivity contribution in [3.63, 3.8) is 0 Å². The molecule has 0 saturated carbocycles. The van der Waals surface area contributed by atoms with Crippen LogP contribution in [0.1, 0.15) is 56.1 Å². The zero-order chi connectivity index (χ0) is 21.2. The van der Waals surface area contributed by atoms with Gasteiger partial charge in [0, 0.05) is 11.6 Å². The van der Waals surface area contributed by atoms with Gasteiger partial charge in [-0.1, -0.05) is 85.6 Å². The highest BCUT2D eigenvalue weighted by Crippen LogP contribution is 2.23. The number of aryl methyl sites for hydroxylation is 1. The van der Waals surface area contributed by atoms with Gasteiger partial charge in [0.25, 0.3) is 0 Å². The fourth-order valence-corrected chi connectivity index (χ4v) is 5.22. The van der Waals surface area contributed by atoms with Crippen LogP contribution < -0.4 is 0 Å². The van der Waals surface area contributed by atoms with Gasteiger partial charge in [-0.15, -0.1) is 0 Å². The van der Waals surface area contributed by atoms with E-state index in [2.05, 4.69) is 24.0 Å². The van der Waals surface area contributed by atoms with Crippen molar-refractivity contribution >= 4 is 10.0 Å². The lowest BCUT2D eigenvalue weighted by molar-refractivity contribution is 0.365. The number of benzene rings is 2. The van der Waals surface area contributed by atoms with Gasteiger partial charge in [-0.05, 0) is 50.5 Å². The highest BCUT2D eigenvalue weighted by Gasteiger charge is 2.29. The third kappa shape index (κ3) is 6.32. The van der Waals surface area contributed by atoms with Crippen LogP contribution in [0.5, 0.6) is 0 Å². The van der Waals surface area contributed by atoms with Crippen molar-refractivity contribution in [1.82, 2.24) is 4.31 Å². The van der Waals surface area contributed by atoms with Gasteiger partial charge < -0.3 is 0 Å². The van der Waals surface area contributed by atoms with Crippen molar-refractivity contribution in [2.45, 2.75) is 62.8 Å². The highest BCUT2D eigenvalue weighted by molar-refractivity contribution is 7.89. The van der Waals surface area contributed by atoms with Crippen molar-refractivity contribution in [3.8, 4) is 11.8 Å². The molecular weight excluding hydrogens is 390 g/mol. The van der Waals surface area contributed by atoms with Crippen molar-refractivity contribution in [3.05, 3.63) is 77.9 Å². The second kappa shape index (κ2) is 11.2. The molecule has 2 aromatic carbocycles. The molecule has 1 aliphatic carbocycles. The summed E-state index contributed by atoms with van der Waals surface area (Å²) >= 11 is 0. The Balaban J connectivity index is 1.92. The summed E-state index contributed by atoms with van der Waals surface area (Å²) in [6, 6.07) is 16.6. The molecule has 0 aromatic heterocycles. The predicted octanol–water partition coefficient (Wildman–Crippen LogP) is 5.71. The molecule has 0 spiro atoms. The molecule has 0 N–H and O–H groups in total. The van der Waals surface area contributed by atoms with E-state index in [0.29, 0.717) is 4.90 Å². The molecule has 1 atom stereocenters. The van der Waals surface area contributed by atoms with E-state index in [1.54, 1.807) is 16.4 Å². The lowest BCUT2D eigenvalue weighted by atomic mass is 10.0. The van der Waals surface area contributed by atoms with Crippen LogP contribution in [0.2, 0.25) is 0 Å². The summed E-state index contributed by atoms with van der Waals surface area (Å²) in [5.41, 5.74) is 1.94. The lowest BCUT2D eigenvalue weighted by Crippen LogP contribution is -2.39. The van der Waals surface area contributed by atoms with E-state index in [0.717, 1.165) is 36.8 Å². The van der Waals surface area contributed by atoms with Crippen LogP contribution >= 0.6 is 0 Å². The molecule has 0 radical (unpaired) electrons. The minimum absolute atomic E-state index is 0.167. The van der Waals surface area contributed by atoms with Gasteiger partial charge in [-0.25, -0.2) is 8.42 Å². The van der Waals surface area contributed by atoms with E-state index < -0.39 is 10.0 Å². The van der Waals surface area contributed by atoms with Crippen LogP contribution in [-0.4, -0.2) is 25.3 Å². The number of sulfonamides is 1. The second-order valence-electron chi connectivity index (χ2n) is 7.87. The minimum Gasteiger partial charge on any atom is -0.207 e. The molecule has 0 fully saturated rings. The Morgan fingerprint density at radius 2 is 1.63 bits per heavy atom. The quantitative estimate of drug-likeness (QED) is 0.469. The summed E-state index contributed by atoms with van der Waals surface area (Å²) in [4.78, 5) is 0.333. The molecule has 0 saturated heterocycles. The Kier molecular flexibility index (Phi) is 8.30. The molecule has 30 heavy (non-hydrogen) atoms. The first kappa shape index (κ1) is 22.3. The van der Waals surface area contributed by atoms with Gasteiger partial charge in [0.2, 0.25) is 10.0 Å². The van der Waals surface area contributed by atoms with E-state index in [-0.39, 0.29) is 12.6 Å². The Hall–Kier alpha value is -2.35. The zero-order valence-electron chi connectivity index (χ0n) is 17.8. The van der Waals surface area contributed by atoms with Crippen molar-refractivity contribution < 1.29 is 8.42 Å². The van der Waals surface area contributed by atoms with Gasteiger partial charge in [-0.3, -0.25) is 0 Å². The minimum atomic E-state index is -3.64. The number of hydrogen-bond donors (Lipinski definition) is 0. The molecule has 2 aromatic rings. The fraction of sp³-hybridized carbons (Fsp3) is 0.385. The van der Waals surface area contributed by atoms with E-state index in [9.17, 15) is 8.42 Å². The molecule has 1 unspecified atom stereocenters. The summed E-state index contributed by atoms with van der Waals surface area (Å²) in [5.74, 6) is 6.23. The van der Waals surface area contributed by atoms with E-state index in [4.69, 9.17) is 0 Å². The maximum absolute atomic E-state index is 13.6. The summed E-state index contributed by atoms with van der Waals surface area (Å²) < 4.78 is 28.7. The first-order valence-electron chi connectivity index (χ1n) is 10.9. The number of allylic oxidation sites excluding steroid dienone is 1. The molecule has 3 rings (SSSR count). The summed E-state index contributed by atoms with van der Waals surface area (Å²) in [6.45, 7) is 2.14. The van der Waals surface area contributed by atoms with Gasteiger partial charge in [-0.2, -0.15) is 4.31 Å². The van der Waals surface area contributed by atoms with E-state index in [1.165, 1.54) is 19.3 Å². The van der Waals surface area contributed by atoms with Crippen molar-refractivity contribution in [2.75, 3.05) is 6.54 Å². The number of rotatable bonds is 4. The molecule has 0 amide bonds. The van der Waals surface area contributed by atoms with Gasteiger partial charge >= 0.3 is 0 Å². The molecule has 0 aliphatic heterocycles. The third-order valence-corrected chi connectivity index (χ3v) is 7.35. The zero-order valence-corrected chi connectivity index (χ0v) is 18.6. The normalized spacial score (nSPS) is 18.9. The smallest absolute Gasteiger partial charge is 0.207 e. The van der Waals surface area contributed by atoms with Crippen LogP contribution in [0.15, 0.2) is 71.6 Å². The topological polar surface area (TPSA) is 37.4 Å². The van der Waals surface area contributed by atoms with Crippen molar-refractivity contribution in [2.24, 2.45) is 0 Å². The van der Waals surface area contributed by atoms with E-state index in [1.807, 2.05) is 49.4 Å². The average molecular weight is 422 g/mol. The Labute approximate surface area is 181 Å². The molecule has 3 nitrogen and oxygen atoms in total. The van der Waals surface area contributed by atoms with Crippen LogP contribution in [-0.2, 0) is 10.0 Å². The number of nitrogens with zero attached hydrogens (tertiary/aromatic N) is 1. The summed E-state index contributed by atoms with van der Waals surface area (Å²) in [6.07, 6.45) is 11.9. The third-order valence-electron chi connectivity index (χ3n) is 5.47. The molecule has 1 aliphatic rings. The number of hydrogen-bond acceptors (Lipinski definition) is 2. The van der Waals surface area contributed by atoms with Crippen LogP contribution in [0.3, 0.4) is 0 Å². The van der Waals surface area contributed by atoms with Gasteiger partial charge in [0.05, 0.1) is 11.4 Å². The molecule has 4 heteroatoms. The Morgan fingerprint density at radius 3 is 2.40 bits per heavy atom. The lowest BCUT2D eigenvalue weighted by Gasteiger charge is -2.28. The maximum Gasteiger partial charge on any atom is 0.244 e. The molecular formula is C26H31NO2S. The largest absolute Gasteiger partial charge is 0.244 e. The van der Waals surface area contributed by atoms with Crippen LogP contribution in [0.25, 0.3) is 0 Å². The molecule has 0 bridgehead atoms. The molecule has 158 valence electrons. The van der Waals surface area contributed by atoms with Crippen LogP contribution in [0, 0.1) is 18.8 Å². The highest BCUT2D eigenvalue weighted by atomic mass is 32.2.